The Balaban J connectivity index is 0.00000108. The fourth-order valence-corrected chi connectivity index (χ4v) is 2.06. The summed E-state index contributed by atoms with van der Waals surface area (Å²) >= 11 is 0. The molecule has 4 nitrogen and oxygen atoms in total. The first-order valence-electron chi connectivity index (χ1n) is 5.64. The number of benzene rings is 1. The highest BCUT2D eigenvalue weighted by atomic mass is 35.5. The molecular formula is C12H16ClNO3. The van der Waals surface area contributed by atoms with E-state index in [9.17, 15) is 0 Å². The van der Waals surface area contributed by atoms with Crippen LogP contribution < -0.4 is 14.8 Å². The third kappa shape index (κ3) is 2.65. The van der Waals surface area contributed by atoms with Crippen LogP contribution in [-0.4, -0.2) is 33.0 Å². The minimum Gasteiger partial charge on any atom is -0.486 e. The van der Waals surface area contributed by atoms with Gasteiger partial charge in [-0.05, 0) is 17.7 Å². The molecular weight excluding hydrogens is 242 g/mol. The van der Waals surface area contributed by atoms with E-state index in [-0.39, 0.29) is 18.4 Å². The summed E-state index contributed by atoms with van der Waals surface area (Å²) in [4.78, 5) is 0. The average Bonchev–Trinajstić information content (AvgIpc) is 2.39. The fraction of sp³-hybridized carbons (Fsp3) is 0.500. The Kier molecular flexibility index (Phi) is 4.10. The molecule has 94 valence electrons. The van der Waals surface area contributed by atoms with E-state index in [2.05, 4.69) is 11.4 Å². The van der Waals surface area contributed by atoms with Crippen molar-refractivity contribution in [3.05, 3.63) is 23.8 Å². The summed E-state index contributed by atoms with van der Waals surface area (Å²) in [7, 11) is 0. The molecule has 1 aromatic carbocycles. The van der Waals surface area contributed by atoms with Gasteiger partial charge in [0.05, 0.1) is 19.3 Å². The van der Waals surface area contributed by atoms with E-state index < -0.39 is 0 Å². The lowest BCUT2D eigenvalue weighted by Gasteiger charge is -2.26. The van der Waals surface area contributed by atoms with Gasteiger partial charge in [0.15, 0.2) is 11.5 Å². The average molecular weight is 258 g/mol. The Morgan fingerprint density at radius 1 is 1.06 bits per heavy atom. The van der Waals surface area contributed by atoms with Crippen molar-refractivity contribution in [3.63, 3.8) is 0 Å². The quantitative estimate of drug-likeness (QED) is 0.829. The molecule has 0 amide bonds. The van der Waals surface area contributed by atoms with Crippen molar-refractivity contribution in [2.45, 2.75) is 6.04 Å². The van der Waals surface area contributed by atoms with Crippen molar-refractivity contribution in [1.82, 2.24) is 5.32 Å². The second-order valence-electron chi connectivity index (χ2n) is 3.98. The number of morpholine rings is 1. The zero-order chi connectivity index (χ0) is 10.8. The third-order valence-electron chi connectivity index (χ3n) is 2.89. The second kappa shape index (κ2) is 5.58. The van der Waals surface area contributed by atoms with Crippen molar-refractivity contribution in [2.75, 3.05) is 33.0 Å². The topological polar surface area (TPSA) is 39.7 Å². The smallest absolute Gasteiger partial charge is 0.161 e. The molecule has 1 atom stereocenters. The summed E-state index contributed by atoms with van der Waals surface area (Å²) in [5, 5.41) is 3.42. The molecule has 2 heterocycles. The van der Waals surface area contributed by atoms with Gasteiger partial charge in [-0.15, -0.1) is 12.4 Å². The van der Waals surface area contributed by atoms with Crippen molar-refractivity contribution in [1.29, 1.82) is 0 Å². The molecule has 0 saturated carbocycles. The number of rotatable bonds is 1. The first kappa shape index (κ1) is 12.5. The lowest BCUT2D eigenvalue weighted by atomic mass is 10.1. The zero-order valence-corrected chi connectivity index (χ0v) is 10.3. The number of hydrogen-bond donors (Lipinski definition) is 1. The lowest BCUT2D eigenvalue weighted by molar-refractivity contribution is 0.0766. The minimum atomic E-state index is 0. The molecule has 2 aliphatic heterocycles. The van der Waals surface area contributed by atoms with Crippen molar-refractivity contribution >= 4 is 12.4 Å². The van der Waals surface area contributed by atoms with Crippen LogP contribution in [0.2, 0.25) is 0 Å². The van der Waals surface area contributed by atoms with Crippen LogP contribution in [0.4, 0.5) is 0 Å². The number of nitrogens with one attached hydrogen (secondary N) is 1. The van der Waals surface area contributed by atoms with Gasteiger partial charge < -0.3 is 19.5 Å². The molecule has 0 aromatic heterocycles. The van der Waals surface area contributed by atoms with E-state index in [0.29, 0.717) is 13.2 Å². The Bertz CT molecular complexity index is 380. The Hall–Kier alpha value is -0.970. The van der Waals surface area contributed by atoms with Gasteiger partial charge in [0, 0.05) is 6.54 Å². The Morgan fingerprint density at radius 3 is 2.65 bits per heavy atom. The van der Waals surface area contributed by atoms with E-state index in [1.165, 1.54) is 5.56 Å². The molecule has 0 radical (unpaired) electrons. The minimum absolute atomic E-state index is 0. The molecule has 0 aliphatic carbocycles. The normalized spacial score (nSPS) is 22.7. The van der Waals surface area contributed by atoms with Gasteiger partial charge in [0.2, 0.25) is 0 Å². The van der Waals surface area contributed by atoms with Gasteiger partial charge in [-0.3, -0.25) is 0 Å². The molecule has 0 bridgehead atoms. The van der Waals surface area contributed by atoms with E-state index in [4.69, 9.17) is 14.2 Å². The molecule has 1 N–H and O–H groups in total. The molecule has 0 spiro atoms. The van der Waals surface area contributed by atoms with Crippen LogP contribution in [0.3, 0.4) is 0 Å². The van der Waals surface area contributed by atoms with E-state index >= 15 is 0 Å². The highest BCUT2D eigenvalue weighted by Gasteiger charge is 2.18. The van der Waals surface area contributed by atoms with Crippen molar-refractivity contribution in [3.8, 4) is 11.5 Å². The summed E-state index contributed by atoms with van der Waals surface area (Å²) in [6, 6.07) is 6.35. The molecule has 5 heteroatoms. The first-order valence-corrected chi connectivity index (χ1v) is 5.64. The Labute approximate surface area is 107 Å². The van der Waals surface area contributed by atoms with E-state index in [0.717, 1.165) is 31.3 Å². The van der Waals surface area contributed by atoms with Crippen LogP contribution in [0.25, 0.3) is 0 Å². The van der Waals surface area contributed by atoms with Crippen molar-refractivity contribution < 1.29 is 14.2 Å². The van der Waals surface area contributed by atoms with Crippen molar-refractivity contribution in [2.24, 2.45) is 0 Å². The summed E-state index contributed by atoms with van der Waals surface area (Å²) in [5.74, 6) is 1.68. The van der Waals surface area contributed by atoms with Crippen LogP contribution in [0.1, 0.15) is 11.6 Å². The van der Waals surface area contributed by atoms with Crippen LogP contribution >= 0.6 is 12.4 Å². The maximum Gasteiger partial charge on any atom is 0.161 e. The number of hydrogen-bond acceptors (Lipinski definition) is 4. The molecule has 1 fully saturated rings. The van der Waals surface area contributed by atoms with Gasteiger partial charge in [-0.1, -0.05) is 6.07 Å². The summed E-state index contributed by atoms with van der Waals surface area (Å²) in [5.41, 5.74) is 1.20. The number of halogens is 1. The van der Waals surface area contributed by atoms with Crippen LogP contribution in [-0.2, 0) is 4.74 Å². The summed E-state index contributed by atoms with van der Waals surface area (Å²) < 4.78 is 16.5. The molecule has 0 unspecified atom stereocenters. The molecule has 3 rings (SSSR count). The highest BCUT2D eigenvalue weighted by molar-refractivity contribution is 5.85. The second-order valence-corrected chi connectivity index (χ2v) is 3.98. The van der Waals surface area contributed by atoms with Gasteiger partial charge in [0.25, 0.3) is 0 Å². The van der Waals surface area contributed by atoms with Gasteiger partial charge in [0.1, 0.15) is 13.2 Å². The Morgan fingerprint density at radius 2 is 1.88 bits per heavy atom. The van der Waals surface area contributed by atoms with Crippen LogP contribution in [0.15, 0.2) is 18.2 Å². The number of ether oxygens (including phenoxy) is 3. The number of fused-ring (bicyclic) bond motifs is 1. The zero-order valence-electron chi connectivity index (χ0n) is 9.48. The molecule has 1 aromatic rings. The fourth-order valence-electron chi connectivity index (χ4n) is 2.06. The maximum absolute atomic E-state index is 5.56. The third-order valence-corrected chi connectivity index (χ3v) is 2.89. The van der Waals surface area contributed by atoms with Gasteiger partial charge in [-0.25, -0.2) is 0 Å². The lowest BCUT2D eigenvalue weighted by Crippen LogP contribution is -2.34. The summed E-state index contributed by atoms with van der Waals surface area (Å²) in [6.45, 7) is 3.68. The molecule has 1 saturated heterocycles. The standard InChI is InChI=1S/C12H15NO3.ClH/c1-2-11-12(16-6-5-15-11)7-9(1)10-8-14-4-3-13-10;/h1-2,7,10,13H,3-6,8H2;1H/t10-;/m1./s1. The van der Waals surface area contributed by atoms with Crippen LogP contribution in [0.5, 0.6) is 11.5 Å². The van der Waals surface area contributed by atoms with E-state index in [1.807, 2.05) is 12.1 Å². The van der Waals surface area contributed by atoms with Gasteiger partial charge >= 0.3 is 0 Å². The first-order chi connectivity index (χ1) is 7.93. The monoisotopic (exact) mass is 257 g/mol. The van der Waals surface area contributed by atoms with Crippen LogP contribution in [0, 0.1) is 0 Å². The SMILES string of the molecule is Cl.c1cc2c(cc1[C@H]1COCCN1)OCCO2. The molecule has 2 aliphatic rings. The van der Waals surface area contributed by atoms with Gasteiger partial charge in [-0.2, -0.15) is 0 Å². The predicted molar refractivity (Wildman–Crippen MR) is 66.2 cm³/mol. The maximum atomic E-state index is 5.56. The predicted octanol–water partition coefficient (Wildman–Crippen LogP) is 1.54. The highest BCUT2D eigenvalue weighted by Crippen LogP contribution is 2.32. The van der Waals surface area contributed by atoms with E-state index in [1.54, 1.807) is 0 Å². The summed E-state index contributed by atoms with van der Waals surface area (Å²) in [6.07, 6.45) is 0. The largest absolute Gasteiger partial charge is 0.486 e. The molecule has 17 heavy (non-hydrogen) atoms.